The Kier molecular flexibility index (Phi) is 3.19. The maximum absolute atomic E-state index is 13.6. The Hall–Kier alpha value is -1.91. The minimum Gasteiger partial charge on any atom is -0.323 e. The molecule has 0 radical (unpaired) electrons. The number of benzene rings is 1. The standard InChI is InChI=1S/C14H15F2N3/c15-10-5-6-12(16)13(9-10)18-14-17-7-8-19(14)11-3-1-2-4-11/h5-9,11H,1-4H2,(H,17,18). The number of aromatic nitrogens is 2. The Morgan fingerprint density at radius 2 is 2.00 bits per heavy atom. The van der Waals surface area contributed by atoms with Crippen LogP contribution in [0.15, 0.2) is 30.6 Å². The number of hydrogen-bond donors (Lipinski definition) is 1. The van der Waals surface area contributed by atoms with Crippen molar-refractivity contribution in [3.8, 4) is 0 Å². The second-order valence-corrected chi connectivity index (χ2v) is 4.85. The molecule has 19 heavy (non-hydrogen) atoms. The lowest BCUT2D eigenvalue weighted by Crippen LogP contribution is -2.08. The van der Waals surface area contributed by atoms with Crippen LogP contribution in [0.4, 0.5) is 20.4 Å². The molecule has 1 N–H and O–H groups in total. The van der Waals surface area contributed by atoms with Crippen molar-refractivity contribution >= 4 is 11.6 Å². The molecule has 100 valence electrons. The predicted molar refractivity (Wildman–Crippen MR) is 69.4 cm³/mol. The summed E-state index contributed by atoms with van der Waals surface area (Å²) < 4.78 is 28.8. The van der Waals surface area contributed by atoms with Crippen molar-refractivity contribution in [2.75, 3.05) is 5.32 Å². The van der Waals surface area contributed by atoms with Crippen LogP contribution >= 0.6 is 0 Å². The van der Waals surface area contributed by atoms with Gasteiger partial charge in [0.1, 0.15) is 11.6 Å². The average molecular weight is 263 g/mol. The van der Waals surface area contributed by atoms with Crippen molar-refractivity contribution in [2.45, 2.75) is 31.7 Å². The maximum Gasteiger partial charge on any atom is 0.207 e. The van der Waals surface area contributed by atoms with Crippen LogP contribution in [-0.4, -0.2) is 9.55 Å². The summed E-state index contributed by atoms with van der Waals surface area (Å²) in [4.78, 5) is 4.19. The van der Waals surface area contributed by atoms with Gasteiger partial charge in [-0.25, -0.2) is 13.8 Å². The smallest absolute Gasteiger partial charge is 0.207 e. The van der Waals surface area contributed by atoms with Gasteiger partial charge in [0.05, 0.1) is 5.69 Å². The van der Waals surface area contributed by atoms with Crippen molar-refractivity contribution in [3.63, 3.8) is 0 Å². The molecule has 0 saturated heterocycles. The van der Waals surface area contributed by atoms with Crippen LogP contribution in [0.25, 0.3) is 0 Å². The fraction of sp³-hybridized carbons (Fsp3) is 0.357. The first-order valence-electron chi connectivity index (χ1n) is 6.49. The highest BCUT2D eigenvalue weighted by molar-refractivity contribution is 5.54. The first-order valence-corrected chi connectivity index (χ1v) is 6.49. The molecule has 0 atom stereocenters. The zero-order valence-corrected chi connectivity index (χ0v) is 10.4. The van der Waals surface area contributed by atoms with E-state index in [0.29, 0.717) is 12.0 Å². The van der Waals surface area contributed by atoms with E-state index in [2.05, 4.69) is 10.3 Å². The Balaban J connectivity index is 1.87. The topological polar surface area (TPSA) is 29.9 Å². The van der Waals surface area contributed by atoms with Crippen LogP contribution in [0.1, 0.15) is 31.7 Å². The number of hydrogen-bond acceptors (Lipinski definition) is 2. The summed E-state index contributed by atoms with van der Waals surface area (Å²) in [6, 6.07) is 3.76. The van der Waals surface area contributed by atoms with Crippen LogP contribution < -0.4 is 5.32 Å². The van der Waals surface area contributed by atoms with Gasteiger partial charge in [-0.1, -0.05) is 12.8 Å². The highest BCUT2D eigenvalue weighted by atomic mass is 19.1. The fourth-order valence-corrected chi connectivity index (χ4v) is 2.60. The van der Waals surface area contributed by atoms with Crippen molar-refractivity contribution < 1.29 is 8.78 Å². The molecule has 3 nitrogen and oxygen atoms in total. The number of nitrogens with one attached hydrogen (secondary N) is 1. The first-order chi connectivity index (χ1) is 9.24. The van der Waals surface area contributed by atoms with Gasteiger partial charge in [-0.3, -0.25) is 0 Å². The van der Waals surface area contributed by atoms with Crippen LogP contribution in [0, 0.1) is 11.6 Å². The highest BCUT2D eigenvalue weighted by Crippen LogP contribution is 2.32. The molecule has 1 aromatic carbocycles. The van der Waals surface area contributed by atoms with Gasteiger partial charge in [0, 0.05) is 24.5 Å². The number of anilines is 2. The molecule has 5 heteroatoms. The molecule has 1 aliphatic rings. The zero-order valence-electron chi connectivity index (χ0n) is 10.4. The molecular weight excluding hydrogens is 248 g/mol. The van der Waals surface area contributed by atoms with Gasteiger partial charge in [0.2, 0.25) is 5.95 Å². The quantitative estimate of drug-likeness (QED) is 0.906. The average Bonchev–Trinajstić information content (AvgIpc) is 3.03. The number of imidazole rings is 1. The Morgan fingerprint density at radius 3 is 2.79 bits per heavy atom. The van der Waals surface area contributed by atoms with Gasteiger partial charge in [-0.15, -0.1) is 0 Å². The molecule has 0 spiro atoms. The van der Waals surface area contributed by atoms with E-state index >= 15 is 0 Å². The van der Waals surface area contributed by atoms with E-state index in [1.165, 1.54) is 12.8 Å². The van der Waals surface area contributed by atoms with Crippen molar-refractivity contribution in [3.05, 3.63) is 42.2 Å². The van der Waals surface area contributed by atoms with Crippen molar-refractivity contribution in [2.24, 2.45) is 0 Å². The summed E-state index contributed by atoms with van der Waals surface area (Å²) in [5.41, 5.74) is 0.116. The molecular formula is C14H15F2N3. The molecule has 2 aromatic rings. The summed E-state index contributed by atoms with van der Waals surface area (Å²) in [5, 5.41) is 2.88. The lowest BCUT2D eigenvalue weighted by Gasteiger charge is -2.16. The molecule has 0 aliphatic heterocycles. The maximum atomic E-state index is 13.6. The normalized spacial score (nSPS) is 15.9. The van der Waals surface area contributed by atoms with Crippen LogP contribution in [0.5, 0.6) is 0 Å². The second-order valence-electron chi connectivity index (χ2n) is 4.85. The number of nitrogens with zero attached hydrogens (tertiary/aromatic N) is 2. The van der Waals surface area contributed by atoms with E-state index in [1.54, 1.807) is 6.20 Å². The Morgan fingerprint density at radius 1 is 1.21 bits per heavy atom. The van der Waals surface area contributed by atoms with Gasteiger partial charge in [-0.05, 0) is 25.0 Å². The van der Waals surface area contributed by atoms with E-state index < -0.39 is 11.6 Å². The molecule has 1 aliphatic carbocycles. The predicted octanol–water partition coefficient (Wildman–Crippen LogP) is 4.02. The van der Waals surface area contributed by atoms with E-state index in [0.717, 1.165) is 31.0 Å². The van der Waals surface area contributed by atoms with Crippen LogP contribution in [-0.2, 0) is 0 Å². The third kappa shape index (κ3) is 2.45. The van der Waals surface area contributed by atoms with E-state index in [-0.39, 0.29) is 5.69 Å². The highest BCUT2D eigenvalue weighted by Gasteiger charge is 2.19. The molecule has 0 unspecified atom stereocenters. The second kappa shape index (κ2) is 4.99. The van der Waals surface area contributed by atoms with E-state index in [9.17, 15) is 8.78 Å². The third-order valence-corrected chi connectivity index (χ3v) is 3.56. The summed E-state index contributed by atoms with van der Waals surface area (Å²) in [6.07, 6.45) is 8.19. The minimum absolute atomic E-state index is 0.116. The number of halogens is 2. The van der Waals surface area contributed by atoms with Gasteiger partial charge < -0.3 is 9.88 Å². The molecule has 1 fully saturated rings. The van der Waals surface area contributed by atoms with Crippen LogP contribution in [0.3, 0.4) is 0 Å². The fourth-order valence-electron chi connectivity index (χ4n) is 2.60. The summed E-state index contributed by atoms with van der Waals surface area (Å²) in [6.45, 7) is 0. The molecule has 0 bridgehead atoms. The van der Waals surface area contributed by atoms with Crippen molar-refractivity contribution in [1.29, 1.82) is 0 Å². The van der Waals surface area contributed by atoms with E-state index in [4.69, 9.17) is 0 Å². The monoisotopic (exact) mass is 263 g/mol. The Bertz CT molecular complexity index is 574. The van der Waals surface area contributed by atoms with Gasteiger partial charge >= 0.3 is 0 Å². The number of rotatable bonds is 3. The molecule has 0 amide bonds. The minimum atomic E-state index is -0.484. The van der Waals surface area contributed by atoms with Gasteiger partial charge in [0.25, 0.3) is 0 Å². The third-order valence-electron chi connectivity index (χ3n) is 3.56. The Labute approximate surface area is 110 Å². The van der Waals surface area contributed by atoms with Crippen LogP contribution in [0.2, 0.25) is 0 Å². The SMILES string of the molecule is Fc1ccc(F)c(Nc2nccn2C2CCCC2)c1. The first kappa shape index (κ1) is 12.1. The van der Waals surface area contributed by atoms with Gasteiger partial charge in [0.15, 0.2) is 0 Å². The molecule has 1 saturated carbocycles. The molecule has 1 aromatic heterocycles. The lowest BCUT2D eigenvalue weighted by molar-refractivity contribution is 0.524. The van der Waals surface area contributed by atoms with Gasteiger partial charge in [-0.2, -0.15) is 0 Å². The zero-order chi connectivity index (χ0) is 13.2. The lowest BCUT2D eigenvalue weighted by atomic mass is 10.2. The van der Waals surface area contributed by atoms with E-state index in [1.807, 2.05) is 10.8 Å². The summed E-state index contributed by atoms with van der Waals surface area (Å²) in [5.74, 6) is -0.387. The molecule has 3 rings (SSSR count). The van der Waals surface area contributed by atoms with Crippen molar-refractivity contribution in [1.82, 2.24) is 9.55 Å². The molecule has 1 heterocycles. The largest absolute Gasteiger partial charge is 0.323 e. The summed E-state index contributed by atoms with van der Waals surface area (Å²) >= 11 is 0. The summed E-state index contributed by atoms with van der Waals surface area (Å²) in [7, 11) is 0.